The number of aliphatic hydroxyl groups excluding tert-OH is 1. The van der Waals surface area contributed by atoms with Gasteiger partial charge in [0, 0.05) is 17.5 Å². The number of hydrogen-bond donors (Lipinski definition) is 2. The average molecular weight is 245 g/mol. The van der Waals surface area contributed by atoms with E-state index in [2.05, 4.69) is 5.32 Å². The summed E-state index contributed by atoms with van der Waals surface area (Å²) in [6.45, 7) is 0. The third-order valence-corrected chi connectivity index (χ3v) is 4.73. The Morgan fingerprint density at radius 1 is 1.22 bits per heavy atom. The molecule has 4 fully saturated rings. The van der Waals surface area contributed by atoms with Gasteiger partial charge in [-0.15, -0.1) is 0 Å². The van der Waals surface area contributed by atoms with Crippen molar-refractivity contribution in [2.75, 3.05) is 5.32 Å². The summed E-state index contributed by atoms with van der Waals surface area (Å²) < 4.78 is 5.48. The van der Waals surface area contributed by atoms with Crippen molar-refractivity contribution in [2.24, 2.45) is 23.7 Å². The summed E-state index contributed by atoms with van der Waals surface area (Å²) in [7, 11) is 0. The molecule has 4 aliphatic rings. The minimum absolute atomic E-state index is 0.0706. The Morgan fingerprint density at radius 2 is 2.00 bits per heavy atom. The lowest BCUT2D eigenvalue weighted by molar-refractivity contribution is 0.0535. The molecule has 4 bridgehead atoms. The molecule has 0 aliphatic heterocycles. The molecule has 0 spiro atoms. The zero-order valence-electron chi connectivity index (χ0n) is 9.82. The van der Waals surface area contributed by atoms with E-state index >= 15 is 0 Å². The van der Waals surface area contributed by atoms with Gasteiger partial charge in [-0.3, -0.25) is 5.32 Å². The summed E-state index contributed by atoms with van der Waals surface area (Å²) in [5.74, 6) is 1.61. The Balaban J connectivity index is 1.40. The summed E-state index contributed by atoms with van der Waals surface area (Å²) in [6.07, 6.45) is 0.310. The largest absolute Gasteiger partial charge is 0.445 e. The predicted molar refractivity (Wildman–Crippen MR) is 64.9 cm³/mol. The zero-order valence-corrected chi connectivity index (χ0v) is 9.82. The van der Waals surface area contributed by atoms with E-state index in [9.17, 15) is 9.90 Å². The number of hydrogen-bond acceptors (Lipinski definition) is 3. The number of amides is 1. The van der Waals surface area contributed by atoms with Crippen LogP contribution in [0.1, 0.15) is 6.42 Å². The molecule has 4 nitrogen and oxygen atoms in total. The first-order valence-electron chi connectivity index (χ1n) is 6.46. The SMILES string of the molecule is O=C(Nc1ccccc1)O[C@H]1[C@H]2C[C@@H]3[C@@H]([C@H]2O)[C@@H]31. The van der Waals surface area contributed by atoms with Gasteiger partial charge in [0.1, 0.15) is 6.10 Å². The maximum atomic E-state index is 11.8. The molecule has 0 heterocycles. The summed E-state index contributed by atoms with van der Waals surface area (Å²) >= 11 is 0. The van der Waals surface area contributed by atoms with Crippen LogP contribution in [0.25, 0.3) is 0 Å². The molecular weight excluding hydrogens is 230 g/mol. The molecule has 6 atom stereocenters. The Morgan fingerprint density at radius 3 is 2.56 bits per heavy atom. The summed E-state index contributed by atoms with van der Waals surface area (Å²) in [5.41, 5.74) is 0.737. The van der Waals surface area contributed by atoms with Gasteiger partial charge >= 0.3 is 6.09 Å². The van der Waals surface area contributed by atoms with E-state index in [1.54, 1.807) is 0 Å². The molecule has 0 unspecified atom stereocenters. The molecule has 1 amide bonds. The van der Waals surface area contributed by atoms with Gasteiger partial charge in [0.15, 0.2) is 0 Å². The van der Waals surface area contributed by atoms with Crippen molar-refractivity contribution < 1.29 is 14.6 Å². The lowest BCUT2D eigenvalue weighted by Gasteiger charge is -2.18. The van der Waals surface area contributed by atoms with Crippen molar-refractivity contribution in [3.05, 3.63) is 30.3 Å². The molecule has 2 N–H and O–H groups in total. The first-order chi connectivity index (χ1) is 8.75. The third kappa shape index (κ3) is 1.32. The molecule has 18 heavy (non-hydrogen) atoms. The van der Waals surface area contributed by atoms with Gasteiger partial charge < -0.3 is 9.84 Å². The van der Waals surface area contributed by atoms with E-state index in [-0.39, 0.29) is 18.1 Å². The second kappa shape index (κ2) is 3.48. The first-order valence-corrected chi connectivity index (χ1v) is 6.46. The minimum Gasteiger partial charge on any atom is -0.445 e. The van der Waals surface area contributed by atoms with E-state index in [0.717, 1.165) is 12.1 Å². The van der Waals surface area contributed by atoms with Crippen molar-refractivity contribution in [1.82, 2.24) is 0 Å². The highest BCUT2D eigenvalue weighted by Gasteiger charge is 2.75. The Bertz CT molecular complexity index is 489. The Labute approximate surface area is 105 Å². The van der Waals surface area contributed by atoms with Gasteiger partial charge in [0.2, 0.25) is 0 Å². The molecule has 1 aromatic carbocycles. The molecule has 0 radical (unpaired) electrons. The van der Waals surface area contributed by atoms with Crippen molar-refractivity contribution in [2.45, 2.75) is 18.6 Å². The number of anilines is 1. The van der Waals surface area contributed by atoms with Gasteiger partial charge in [0.25, 0.3) is 0 Å². The number of ether oxygens (including phenoxy) is 1. The highest BCUT2D eigenvalue weighted by molar-refractivity contribution is 5.84. The number of nitrogens with one attached hydrogen (secondary N) is 1. The molecule has 0 saturated heterocycles. The fraction of sp³-hybridized carbons (Fsp3) is 0.500. The number of aliphatic hydroxyl groups is 1. The van der Waals surface area contributed by atoms with Crippen LogP contribution in [0.3, 0.4) is 0 Å². The third-order valence-electron chi connectivity index (χ3n) is 4.73. The van der Waals surface area contributed by atoms with Crippen LogP contribution >= 0.6 is 0 Å². The van der Waals surface area contributed by atoms with Gasteiger partial charge in [-0.25, -0.2) is 4.79 Å². The van der Waals surface area contributed by atoms with E-state index in [4.69, 9.17) is 4.74 Å². The molecule has 4 saturated carbocycles. The minimum atomic E-state index is -0.406. The Kier molecular flexibility index (Phi) is 2.01. The smallest absolute Gasteiger partial charge is 0.411 e. The van der Waals surface area contributed by atoms with Gasteiger partial charge in [-0.05, 0) is 30.4 Å². The number of carbonyl (C=O) groups is 1. The van der Waals surface area contributed by atoms with Crippen LogP contribution in [-0.4, -0.2) is 23.4 Å². The molecule has 0 aromatic heterocycles. The van der Waals surface area contributed by atoms with Crippen LogP contribution in [0.4, 0.5) is 10.5 Å². The standard InChI is InChI=1S/C14H15NO3/c16-12-9-6-8-10(12)11(8)13(9)18-14(17)15-7-4-2-1-3-5-7/h1-5,8-13,16H,6H2,(H,15,17)/t8-,9+,10-,11-,12+,13+/m1/s1. The van der Waals surface area contributed by atoms with Crippen molar-refractivity contribution in [3.63, 3.8) is 0 Å². The maximum absolute atomic E-state index is 11.8. The van der Waals surface area contributed by atoms with Gasteiger partial charge in [0.05, 0.1) is 6.10 Å². The molecule has 5 rings (SSSR count). The first kappa shape index (κ1) is 10.4. The van der Waals surface area contributed by atoms with Gasteiger partial charge in [-0.2, -0.15) is 0 Å². The highest BCUT2D eigenvalue weighted by atomic mass is 16.6. The van der Waals surface area contributed by atoms with Crippen LogP contribution in [0.5, 0.6) is 0 Å². The van der Waals surface area contributed by atoms with E-state index in [0.29, 0.717) is 17.8 Å². The van der Waals surface area contributed by atoms with Crippen LogP contribution in [0.15, 0.2) is 30.3 Å². The van der Waals surface area contributed by atoms with Crippen LogP contribution < -0.4 is 5.32 Å². The van der Waals surface area contributed by atoms with Gasteiger partial charge in [-0.1, -0.05) is 18.2 Å². The lowest BCUT2D eigenvalue weighted by Crippen LogP contribution is -2.28. The summed E-state index contributed by atoms with van der Waals surface area (Å²) in [5, 5.41) is 12.6. The lowest BCUT2D eigenvalue weighted by atomic mass is 10.1. The average Bonchev–Trinajstić information content (AvgIpc) is 2.69. The fourth-order valence-corrected chi connectivity index (χ4v) is 4.00. The molecule has 1 aromatic rings. The van der Waals surface area contributed by atoms with Crippen LogP contribution in [0, 0.1) is 23.7 Å². The van der Waals surface area contributed by atoms with Crippen LogP contribution in [-0.2, 0) is 4.74 Å². The Hall–Kier alpha value is -1.55. The summed E-state index contributed by atoms with van der Waals surface area (Å²) in [6, 6.07) is 9.27. The molecule has 4 aliphatic carbocycles. The topological polar surface area (TPSA) is 58.6 Å². The number of rotatable bonds is 2. The second-order valence-electron chi connectivity index (χ2n) is 5.57. The van der Waals surface area contributed by atoms with Crippen molar-refractivity contribution >= 4 is 11.8 Å². The number of benzene rings is 1. The van der Waals surface area contributed by atoms with E-state index < -0.39 is 6.09 Å². The molecular formula is C14H15NO3. The molecule has 94 valence electrons. The normalized spacial score (nSPS) is 42.7. The number of para-hydroxylation sites is 1. The summed E-state index contributed by atoms with van der Waals surface area (Å²) in [4.78, 5) is 11.8. The van der Waals surface area contributed by atoms with E-state index in [1.165, 1.54) is 0 Å². The quantitative estimate of drug-likeness (QED) is 0.836. The molecule has 4 heteroatoms. The van der Waals surface area contributed by atoms with Crippen molar-refractivity contribution in [1.29, 1.82) is 0 Å². The monoisotopic (exact) mass is 245 g/mol. The fourth-order valence-electron chi connectivity index (χ4n) is 4.00. The second-order valence-corrected chi connectivity index (χ2v) is 5.57. The predicted octanol–water partition coefficient (Wildman–Crippen LogP) is 1.86. The maximum Gasteiger partial charge on any atom is 0.411 e. The van der Waals surface area contributed by atoms with E-state index in [1.807, 2.05) is 30.3 Å². The van der Waals surface area contributed by atoms with Crippen LogP contribution in [0.2, 0.25) is 0 Å². The van der Waals surface area contributed by atoms with Crippen molar-refractivity contribution in [3.8, 4) is 0 Å². The number of carbonyl (C=O) groups excluding carboxylic acids is 1. The zero-order chi connectivity index (χ0) is 12.3. The highest BCUT2D eigenvalue weighted by Crippen LogP contribution is 2.71.